The van der Waals surface area contributed by atoms with Gasteiger partial charge in [0.05, 0.1) is 5.52 Å². The van der Waals surface area contributed by atoms with Crippen molar-refractivity contribution in [1.29, 1.82) is 0 Å². The van der Waals surface area contributed by atoms with E-state index in [2.05, 4.69) is 25.9 Å². The molecular weight excluding hydrogens is 313 g/mol. The minimum Gasteiger partial charge on any atom is -0.470 e. The van der Waals surface area contributed by atoms with Gasteiger partial charge in [-0.2, -0.15) is 0 Å². The van der Waals surface area contributed by atoms with E-state index in [0.29, 0.717) is 32.9 Å². The summed E-state index contributed by atoms with van der Waals surface area (Å²) in [4.78, 5) is 8.82. The fourth-order valence-corrected chi connectivity index (χ4v) is 2.59. The van der Waals surface area contributed by atoms with Gasteiger partial charge >= 0.3 is 0 Å². The minimum absolute atomic E-state index is 0.239. The second-order valence-electron chi connectivity index (χ2n) is 4.23. The first-order chi connectivity index (χ1) is 9.24. The van der Waals surface area contributed by atoms with Crippen LogP contribution < -0.4 is 4.74 Å². The molecule has 0 unspecified atom stereocenters. The summed E-state index contributed by atoms with van der Waals surface area (Å²) in [6, 6.07) is 8.47. The number of rotatable bonds is 0. The SMILES string of the molecule is Fc1cccc2nc3n(c12)COc1ccc(Br)nc1-3. The third kappa shape index (κ3) is 1.49. The Morgan fingerprint density at radius 2 is 2.11 bits per heavy atom. The molecule has 4 nitrogen and oxygen atoms in total. The molecule has 1 aliphatic heterocycles. The summed E-state index contributed by atoms with van der Waals surface area (Å²) < 4.78 is 21.9. The number of imidazole rings is 1. The van der Waals surface area contributed by atoms with Crippen LogP contribution in [0.5, 0.6) is 5.75 Å². The molecule has 2 aromatic heterocycles. The van der Waals surface area contributed by atoms with E-state index < -0.39 is 0 Å². The molecule has 0 fully saturated rings. The lowest BCUT2D eigenvalue weighted by atomic mass is 10.3. The first-order valence-corrected chi connectivity index (χ1v) is 6.48. The van der Waals surface area contributed by atoms with Crippen molar-refractivity contribution in [2.45, 2.75) is 6.73 Å². The molecule has 0 amide bonds. The van der Waals surface area contributed by atoms with E-state index in [0.717, 1.165) is 0 Å². The predicted octanol–water partition coefficient (Wildman–Crippen LogP) is 3.35. The normalized spacial score (nSPS) is 12.9. The van der Waals surface area contributed by atoms with Gasteiger partial charge in [0.1, 0.15) is 21.6 Å². The van der Waals surface area contributed by atoms with E-state index in [9.17, 15) is 4.39 Å². The van der Waals surface area contributed by atoms with E-state index >= 15 is 0 Å². The largest absolute Gasteiger partial charge is 0.470 e. The number of halogens is 2. The van der Waals surface area contributed by atoms with Crippen LogP contribution in [0.25, 0.3) is 22.6 Å². The summed E-state index contributed by atoms with van der Waals surface area (Å²) in [6.45, 7) is 0.239. The Bertz CT molecular complexity index is 815. The Balaban J connectivity index is 2.10. The monoisotopic (exact) mass is 319 g/mol. The molecule has 0 radical (unpaired) electrons. The standard InChI is InChI=1S/C13H7BrFN3O/c14-10-5-4-9-11(17-10)13-16-8-3-1-2-7(15)12(8)18(13)6-19-9/h1-5H,6H2. The van der Waals surface area contributed by atoms with Crippen molar-refractivity contribution in [2.75, 3.05) is 0 Å². The Hall–Kier alpha value is -1.95. The molecule has 0 saturated carbocycles. The maximum Gasteiger partial charge on any atom is 0.167 e. The van der Waals surface area contributed by atoms with E-state index in [4.69, 9.17) is 4.74 Å². The van der Waals surface area contributed by atoms with Gasteiger partial charge in [-0.3, -0.25) is 4.57 Å². The fraction of sp³-hybridized carbons (Fsp3) is 0.0769. The van der Waals surface area contributed by atoms with Gasteiger partial charge in [0.15, 0.2) is 18.3 Å². The average molecular weight is 320 g/mol. The van der Waals surface area contributed by atoms with Crippen molar-refractivity contribution in [3.8, 4) is 17.3 Å². The Labute approximate surface area is 116 Å². The molecule has 0 saturated heterocycles. The van der Waals surface area contributed by atoms with E-state index in [-0.39, 0.29) is 12.5 Å². The van der Waals surface area contributed by atoms with Crippen LogP contribution >= 0.6 is 15.9 Å². The lowest BCUT2D eigenvalue weighted by molar-refractivity contribution is 0.232. The number of nitrogens with zero attached hydrogens (tertiary/aromatic N) is 3. The number of para-hydroxylation sites is 1. The van der Waals surface area contributed by atoms with Crippen molar-refractivity contribution in [1.82, 2.24) is 14.5 Å². The Kier molecular flexibility index (Phi) is 2.17. The van der Waals surface area contributed by atoms with Crippen LogP contribution in [0.4, 0.5) is 4.39 Å². The quantitative estimate of drug-likeness (QED) is 0.596. The van der Waals surface area contributed by atoms with Gasteiger partial charge in [0, 0.05) is 0 Å². The second kappa shape index (κ2) is 3.77. The molecule has 0 N–H and O–H groups in total. The molecule has 3 heterocycles. The van der Waals surface area contributed by atoms with Crippen LogP contribution in [0, 0.1) is 5.82 Å². The molecule has 3 aromatic rings. The van der Waals surface area contributed by atoms with Crippen molar-refractivity contribution >= 4 is 27.0 Å². The Morgan fingerprint density at radius 1 is 1.21 bits per heavy atom. The molecule has 0 bridgehead atoms. The molecule has 94 valence electrons. The maximum atomic E-state index is 13.9. The summed E-state index contributed by atoms with van der Waals surface area (Å²) in [5.41, 5.74) is 1.68. The zero-order chi connectivity index (χ0) is 13.0. The zero-order valence-electron chi connectivity index (χ0n) is 9.60. The first kappa shape index (κ1) is 10.9. The van der Waals surface area contributed by atoms with Gasteiger partial charge in [-0.1, -0.05) is 6.07 Å². The van der Waals surface area contributed by atoms with Crippen LogP contribution in [0.2, 0.25) is 0 Å². The molecule has 1 aromatic carbocycles. The lowest BCUT2D eigenvalue weighted by Gasteiger charge is -2.18. The highest BCUT2D eigenvalue weighted by molar-refractivity contribution is 9.10. The topological polar surface area (TPSA) is 39.9 Å². The summed E-state index contributed by atoms with van der Waals surface area (Å²) in [6.07, 6.45) is 0. The highest BCUT2D eigenvalue weighted by Gasteiger charge is 2.24. The summed E-state index contributed by atoms with van der Waals surface area (Å²) in [7, 11) is 0. The van der Waals surface area contributed by atoms with Crippen molar-refractivity contribution < 1.29 is 9.13 Å². The number of benzene rings is 1. The van der Waals surface area contributed by atoms with E-state index in [1.807, 2.05) is 6.07 Å². The highest BCUT2D eigenvalue weighted by atomic mass is 79.9. The van der Waals surface area contributed by atoms with Crippen LogP contribution in [-0.2, 0) is 6.73 Å². The summed E-state index contributed by atoms with van der Waals surface area (Å²) >= 11 is 3.32. The summed E-state index contributed by atoms with van der Waals surface area (Å²) in [5.74, 6) is 0.979. The van der Waals surface area contributed by atoms with E-state index in [1.165, 1.54) is 6.07 Å². The number of pyridine rings is 1. The van der Waals surface area contributed by atoms with E-state index in [1.54, 1.807) is 22.8 Å². The van der Waals surface area contributed by atoms with Gasteiger partial charge < -0.3 is 4.74 Å². The lowest BCUT2D eigenvalue weighted by Crippen LogP contribution is -2.14. The van der Waals surface area contributed by atoms with Crippen molar-refractivity contribution in [3.05, 3.63) is 40.8 Å². The van der Waals surface area contributed by atoms with Gasteiger partial charge in [0.25, 0.3) is 0 Å². The van der Waals surface area contributed by atoms with Crippen LogP contribution in [-0.4, -0.2) is 14.5 Å². The zero-order valence-corrected chi connectivity index (χ0v) is 11.2. The molecule has 4 rings (SSSR count). The minimum atomic E-state index is -0.307. The Morgan fingerprint density at radius 3 is 3.00 bits per heavy atom. The van der Waals surface area contributed by atoms with Gasteiger partial charge in [-0.25, -0.2) is 14.4 Å². The number of fused-ring (bicyclic) bond motifs is 5. The third-order valence-corrected chi connectivity index (χ3v) is 3.54. The first-order valence-electron chi connectivity index (χ1n) is 5.68. The number of hydrogen-bond acceptors (Lipinski definition) is 3. The smallest absolute Gasteiger partial charge is 0.167 e. The number of ether oxygens (including phenoxy) is 1. The van der Waals surface area contributed by atoms with Gasteiger partial charge in [0.2, 0.25) is 0 Å². The molecule has 0 aliphatic carbocycles. The fourth-order valence-electron chi connectivity index (χ4n) is 2.28. The van der Waals surface area contributed by atoms with Crippen LogP contribution in [0.3, 0.4) is 0 Å². The molecule has 0 spiro atoms. The molecular formula is C13H7BrFN3O. The maximum absolute atomic E-state index is 13.9. The average Bonchev–Trinajstić information content (AvgIpc) is 2.79. The van der Waals surface area contributed by atoms with Crippen LogP contribution in [0.1, 0.15) is 0 Å². The molecule has 0 atom stereocenters. The van der Waals surface area contributed by atoms with Crippen molar-refractivity contribution in [3.63, 3.8) is 0 Å². The second-order valence-corrected chi connectivity index (χ2v) is 5.04. The summed E-state index contributed by atoms with van der Waals surface area (Å²) in [5, 5.41) is 0. The predicted molar refractivity (Wildman–Crippen MR) is 71.3 cm³/mol. The molecule has 1 aliphatic rings. The highest BCUT2D eigenvalue weighted by Crippen LogP contribution is 2.35. The molecule has 6 heteroatoms. The van der Waals surface area contributed by atoms with Gasteiger partial charge in [-0.15, -0.1) is 0 Å². The number of aromatic nitrogens is 3. The number of hydrogen-bond donors (Lipinski definition) is 0. The van der Waals surface area contributed by atoms with Gasteiger partial charge in [-0.05, 0) is 40.2 Å². The van der Waals surface area contributed by atoms with Crippen LogP contribution in [0.15, 0.2) is 34.9 Å². The third-order valence-electron chi connectivity index (χ3n) is 3.10. The molecule has 19 heavy (non-hydrogen) atoms. The van der Waals surface area contributed by atoms with Crippen molar-refractivity contribution in [2.24, 2.45) is 0 Å².